The fraction of sp³-hybridized carbons (Fsp3) is 0.435. The number of nitrogens with zero attached hydrogens (tertiary/aromatic N) is 2. The third kappa shape index (κ3) is 6.22. The van der Waals surface area contributed by atoms with Crippen molar-refractivity contribution in [3.8, 4) is 0 Å². The number of anilines is 1. The summed E-state index contributed by atoms with van der Waals surface area (Å²) in [4.78, 5) is 24.9. The molecule has 1 heterocycles. The van der Waals surface area contributed by atoms with E-state index >= 15 is 0 Å². The molecule has 3 rings (SSSR count). The molecule has 10 heteroatoms. The zero-order valence-electron chi connectivity index (χ0n) is 18.2. The predicted octanol–water partition coefficient (Wildman–Crippen LogP) is 4.68. The van der Waals surface area contributed by atoms with Crippen LogP contribution in [-0.4, -0.2) is 30.5 Å². The van der Waals surface area contributed by atoms with E-state index in [1.807, 2.05) is 31.2 Å². The van der Waals surface area contributed by atoms with Gasteiger partial charge in [0.1, 0.15) is 5.69 Å². The number of benzene rings is 2. The van der Waals surface area contributed by atoms with Crippen LogP contribution in [-0.2, 0) is 28.9 Å². The van der Waals surface area contributed by atoms with Crippen molar-refractivity contribution in [2.75, 3.05) is 24.6 Å². The van der Waals surface area contributed by atoms with Gasteiger partial charge in [-0.15, -0.1) is 0 Å². The highest BCUT2D eigenvalue weighted by Crippen LogP contribution is 2.37. The Balaban J connectivity index is 1.60. The number of nitrogens with one attached hydrogen (secondary N) is 1. The molecule has 2 aromatic rings. The Morgan fingerprint density at radius 2 is 1.85 bits per heavy atom. The van der Waals surface area contributed by atoms with E-state index in [-0.39, 0.29) is 17.5 Å². The third-order valence-electron chi connectivity index (χ3n) is 5.74. The molecule has 1 N–H and O–H groups in total. The number of amides is 1. The van der Waals surface area contributed by atoms with Crippen LogP contribution in [0.15, 0.2) is 42.5 Å². The Morgan fingerprint density at radius 3 is 2.45 bits per heavy atom. The normalized spacial score (nSPS) is 14.8. The molecular formula is C23H26F3N3O4. The first-order chi connectivity index (χ1) is 15.7. The number of alkyl halides is 3. The van der Waals surface area contributed by atoms with Crippen LogP contribution in [0.2, 0.25) is 0 Å². The first-order valence-corrected chi connectivity index (χ1v) is 10.7. The van der Waals surface area contributed by atoms with Gasteiger partial charge >= 0.3 is 6.18 Å². The fourth-order valence-electron chi connectivity index (χ4n) is 3.91. The van der Waals surface area contributed by atoms with Gasteiger partial charge in [0.25, 0.3) is 5.69 Å². The third-order valence-corrected chi connectivity index (χ3v) is 5.74. The minimum atomic E-state index is -4.66. The van der Waals surface area contributed by atoms with Crippen molar-refractivity contribution in [2.24, 2.45) is 5.92 Å². The summed E-state index contributed by atoms with van der Waals surface area (Å²) in [6, 6.07) is 10.2. The number of nitro benzene ring substituents is 1. The van der Waals surface area contributed by atoms with Crippen LogP contribution in [0.4, 0.5) is 24.5 Å². The van der Waals surface area contributed by atoms with Crippen LogP contribution in [0.25, 0.3) is 0 Å². The maximum absolute atomic E-state index is 12.9. The highest BCUT2D eigenvalue weighted by molar-refractivity contribution is 5.79. The number of carbonyl (C=O) groups is 1. The molecule has 2 aromatic carbocycles. The van der Waals surface area contributed by atoms with E-state index in [0.29, 0.717) is 51.8 Å². The minimum Gasteiger partial charge on any atom is -0.377 e. The van der Waals surface area contributed by atoms with Gasteiger partial charge in [0, 0.05) is 38.2 Å². The van der Waals surface area contributed by atoms with Gasteiger partial charge in [0.05, 0.1) is 17.1 Å². The van der Waals surface area contributed by atoms with Gasteiger partial charge in [-0.25, -0.2) is 0 Å². The largest absolute Gasteiger partial charge is 0.416 e. The van der Waals surface area contributed by atoms with Gasteiger partial charge in [-0.3, -0.25) is 14.9 Å². The topological polar surface area (TPSA) is 84.7 Å². The van der Waals surface area contributed by atoms with Crippen molar-refractivity contribution >= 4 is 17.3 Å². The number of hydrogen-bond acceptors (Lipinski definition) is 5. The molecule has 0 bridgehead atoms. The first-order valence-electron chi connectivity index (χ1n) is 10.7. The summed E-state index contributed by atoms with van der Waals surface area (Å²) in [6.07, 6.45) is -3.76. The van der Waals surface area contributed by atoms with Crippen molar-refractivity contribution in [1.82, 2.24) is 5.32 Å². The van der Waals surface area contributed by atoms with Crippen LogP contribution in [0.3, 0.4) is 0 Å². The fourth-order valence-corrected chi connectivity index (χ4v) is 3.91. The van der Waals surface area contributed by atoms with Gasteiger partial charge in [-0.1, -0.05) is 24.3 Å². The lowest BCUT2D eigenvalue weighted by molar-refractivity contribution is -0.384. The van der Waals surface area contributed by atoms with Crippen molar-refractivity contribution in [3.63, 3.8) is 0 Å². The molecule has 0 unspecified atom stereocenters. The monoisotopic (exact) mass is 465 g/mol. The molecule has 0 saturated carbocycles. The van der Waals surface area contributed by atoms with Crippen molar-refractivity contribution in [2.45, 2.75) is 39.1 Å². The lowest BCUT2D eigenvalue weighted by atomic mass is 9.95. The van der Waals surface area contributed by atoms with Crippen LogP contribution in [0, 0.1) is 16.0 Å². The summed E-state index contributed by atoms with van der Waals surface area (Å²) in [7, 11) is 0. The number of halogens is 3. The second-order valence-electron chi connectivity index (χ2n) is 7.84. The summed E-state index contributed by atoms with van der Waals surface area (Å²) in [5.41, 5.74) is 0.466. The highest BCUT2D eigenvalue weighted by atomic mass is 19.4. The molecule has 7 nitrogen and oxygen atoms in total. The number of ether oxygens (including phenoxy) is 1. The van der Waals surface area contributed by atoms with E-state index < -0.39 is 22.4 Å². The van der Waals surface area contributed by atoms with Gasteiger partial charge < -0.3 is 15.0 Å². The molecule has 1 saturated heterocycles. The van der Waals surface area contributed by atoms with Gasteiger partial charge in [0.2, 0.25) is 5.91 Å². The van der Waals surface area contributed by atoms with Gasteiger partial charge in [0.15, 0.2) is 0 Å². The van der Waals surface area contributed by atoms with Crippen LogP contribution >= 0.6 is 0 Å². The number of rotatable bonds is 8. The Labute approximate surface area is 189 Å². The molecule has 0 aromatic heterocycles. The summed E-state index contributed by atoms with van der Waals surface area (Å²) >= 11 is 0. The summed E-state index contributed by atoms with van der Waals surface area (Å²) in [5.74, 6) is -0.378. The summed E-state index contributed by atoms with van der Waals surface area (Å²) in [5, 5.41) is 14.3. The number of carbonyl (C=O) groups excluding carboxylic acids is 1. The molecule has 33 heavy (non-hydrogen) atoms. The van der Waals surface area contributed by atoms with Crippen LogP contribution < -0.4 is 10.2 Å². The first kappa shape index (κ1) is 24.5. The zero-order chi connectivity index (χ0) is 24.0. The number of piperidine rings is 1. The van der Waals surface area contributed by atoms with Gasteiger partial charge in [-0.05, 0) is 43.0 Å². The SMILES string of the molecule is CCOCc1ccccc1CNC(=O)C1CCN(c2ccc(C(F)(F)F)cc2[N+](=O)[O-])CC1. The van der Waals surface area contributed by atoms with E-state index in [0.717, 1.165) is 23.3 Å². The minimum absolute atomic E-state index is 0.109. The van der Waals surface area contributed by atoms with E-state index in [2.05, 4.69) is 5.32 Å². The molecule has 0 spiro atoms. The molecule has 1 fully saturated rings. The molecule has 0 radical (unpaired) electrons. The average molecular weight is 465 g/mol. The Morgan fingerprint density at radius 1 is 1.18 bits per heavy atom. The van der Waals surface area contributed by atoms with E-state index in [9.17, 15) is 28.1 Å². The van der Waals surface area contributed by atoms with E-state index in [1.165, 1.54) is 0 Å². The average Bonchev–Trinajstić information content (AvgIpc) is 2.80. The molecule has 1 aliphatic rings. The van der Waals surface area contributed by atoms with Crippen LogP contribution in [0.5, 0.6) is 0 Å². The lowest BCUT2D eigenvalue weighted by Gasteiger charge is -2.32. The predicted molar refractivity (Wildman–Crippen MR) is 117 cm³/mol. The molecule has 1 aliphatic heterocycles. The maximum atomic E-state index is 12.9. The molecule has 1 amide bonds. The quantitative estimate of drug-likeness (QED) is 0.452. The van der Waals surface area contributed by atoms with E-state index in [4.69, 9.17) is 4.74 Å². The maximum Gasteiger partial charge on any atom is 0.416 e. The molecular weight excluding hydrogens is 439 g/mol. The number of nitro groups is 1. The van der Waals surface area contributed by atoms with Crippen molar-refractivity contribution < 1.29 is 27.6 Å². The van der Waals surface area contributed by atoms with Gasteiger partial charge in [-0.2, -0.15) is 13.2 Å². The molecule has 0 atom stereocenters. The summed E-state index contributed by atoms with van der Waals surface area (Å²) in [6.45, 7) is 4.02. The Bertz CT molecular complexity index is 989. The molecule has 0 aliphatic carbocycles. The second kappa shape index (κ2) is 10.7. The standard InChI is InChI=1S/C23H26F3N3O4/c1-2-33-15-18-6-4-3-5-17(18)14-27-22(30)16-9-11-28(12-10-16)20-8-7-19(23(24,25)26)13-21(20)29(31)32/h3-8,13,16H,2,9-12,14-15H2,1H3,(H,27,30). The smallest absolute Gasteiger partial charge is 0.377 e. The summed E-state index contributed by atoms with van der Waals surface area (Å²) < 4.78 is 44.3. The van der Waals surface area contributed by atoms with Crippen molar-refractivity contribution in [3.05, 3.63) is 69.3 Å². The Hall–Kier alpha value is -3.14. The van der Waals surface area contributed by atoms with Crippen LogP contribution in [0.1, 0.15) is 36.5 Å². The highest BCUT2D eigenvalue weighted by Gasteiger charge is 2.34. The lowest BCUT2D eigenvalue weighted by Crippen LogP contribution is -2.40. The van der Waals surface area contributed by atoms with E-state index in [1.54, 1.807) is 4.90 Å². The molecule has 178 valence electrons. The number of hydrogen-bond donors (Lipinski definition) is 1. The van der Waals surface area contributed by atoms with Crippen molar-refractivity contribution in [1.29, 1.82) is 0 Å². The Kier molecular flexibility index (Phi) is 7.91. The zero-order valence-corrected chi connectivity index (χ0v) is 18.2. The second-order valence-corrected chi connectivity index (χ2v) is 7.84.